The monoisotopic (exact) mass is 586 g/mol. The van der Waals surface area contributed by atoms with E-state index < -0.39 is 11.8 Å². The lowest BCUT2D eigenvalue weighted by atomic mass is 9.62. The molecule has 2 unspecified atom stereocenters. The van der Waals surface area contributed by atoms with Crippen LogP contribution < -0.4 is 0 Å². The normalized spacial score (nSPS) is 16.8. The fraction of sp³-hybridized carbons (Fsp3) is 0.0455. The van der Waals surface area contributed by atoms with Gasteiger partial charge >= 0.3 is 0 Å². The van der Waals surface area contributed by atoms with E-state index in [-0.39, 0.29) is 11.6 Å². The maximum absolute atomic E-state index is 13.1. The highest BCUT2D eigenvalue weighted by Gasteiger charge is 2.48. The maximum Gasteiger partial charge on any atom is 0.211 e. The summed E-state index contributed by atoms with van der Waals surface area (Å²) in [7, 11) is 0. The molecule has 3 aliphatic rings. The predicted octanol–water partition coefficient (Wildman–Crippen LogP) is 10.4. The van der Waals surface area contributed by atoms with Gasteiger partial charge in [0.1, 0.15) is 0 Å². The van der Waals surface area contributed by atoms with Gasteiger partial charge in [0.2, 0.25) is 11.6 Å². The second kappa shape index (κ2) is 9.32. The van der Waals surface area contributed by atoms with Gasteiger partial charge < -0.3 is 0 Å². The minimum atomic E-state index is -0.510. The third-order valence-electron chi connectivity index (χ3n) is 10.3. The molecule has 0 aromatic heterocycles. The Kier molecular flexibility index (Phi) is 5.16. The van der Waals surface area contributed by atoms with Crippen molar-refractivity contribution in [2.45, 2.75) is 11.8 Å². The summed E-state index contributed by atoms with van der Waals surface area (Å²) in [5, 5.41) is 9.79. The quantitative estimate of drug-likeness (QED) is 0.149. The zero-order valence-corrected chi connectivity index (χ0v) is 24.8. The van der Waals surface area contributed by atoms with Crippen LogP contribution in [0.15, 0.2) is 146 Å². The number of rotatable bonds is 2. The minimum absolute atomic E-state index is 0.279. The SMILES string of the molecule is O=C1C(=O)C2c3ccccc3C1c1ccc(-c3ccc4cc5cc(-c6ccc7cc8ccccc8cc7c6)ccc5cc4c3)cc12. The van der Waals surface area contributed by atoms with Crippen molar-refractivity contribution < 1.29 is 9.59 Å². The number of ketones is 2. The van der Waals surface area contributed by atoms with Gasteiger partial charge in [0.05, 0.1) is 11.8 Å². The average molecular weight is 587 g/mol. The summed E-state index contributed by atoms with van der Waals surface area (Å²) in [5.74, 6) is -1.56. The van der Waals surface area contributed by atoms with Crippen LogP contribution in [-0.2, 0) is 9.59 Å². The lowest BCUT2D eigenvalue weighted by Gasteiger charge is -2.38. The van der Waals surface area contributed by atoms with E-state index in [0.29, 0.717) is 0 Å². The maximum atomic E-state index is 13.1. The number of hydrogen-bond acceptors (Lipinski definition) is 2. The molecule has 0 N–H and O–H groups in total. The summed E-state index contributed by atoms with van der Waals surface area (Å²) in [4.78, 5) is 26.1. The van der Waals surface area contributed by atoms with E-state index in [0.717, 1.165) is 33.4 Å². The molecule has 0 saturated carbocycles. The molecule has 214 valence electrons. The van der Waals surface area contributed by atoms with E-state index in [1.54, 1.807) is 0 Å². The lowest BCUT2D eigenvalue weighted by molar-refractivity contribution is -0.138. The zero-order valence-electron chi connectivity index (χ0n) is 24.8. The van der Waals surface area contributed by atoms with E-state index >= 15 is 0 Å². The van der Waals surface area contributed by atoms with Crippen molar-refractivity contribution in [3.63, 3.8) is 0 Å². The molecular formula is C44H26O2. The fourth-order valence-corrected chi connectivity index (χ4v) is 7.96. The van der Waals surface area contributed by atoms with Crippen molar-refractivity contribution in [1.82, 2.24) is 0 Å². The van der Waals surface area contributed by atoms with E-state index in [1.165, 1.54) is 54.2 Å². The second-order valence-electron chi connectivity index (χ2n) is 12.8. The number of carbonyl (C=O) groups excluding carboxylic acids is 2. The van der Waals surface area contributed by atoms with Crippen LogP contribution in [0.1, 0.15) is 34.1 Å². The van der Waals surface area contributed by atoms with E-state index in [9.17, 15) is 9.59 Å². The zero-order chi connectivity index (χ0) is 30.5. The van der Waals surface area contributed by atoms with Crippen molar-refractivity contribution in [3.8, 4) is 22.3 Å². The third kappa shape index (κ3) is 3.64. The van der Waals surface area contributed by atoms with Crippen LogP contribution in [0.5, 0.6) is 0 Å². The van der Waals surface area contributed by atoms with Gasteiger partial charge in [-0.1, -0.05) is 97.1 Å². The van der Waals surface area contributed by atoms with Crippen molar-refractivity contribution in [1.29, 1.82) is 0 Å². The van der Waals surface area contributed by atoms with Gasteiger partial charge in [0.15, 0.2) is 0 Å². The Hall–Kier alpha value is -5.86. The average Bonchev–Trinajstić information content (AvgIpc) is 3.10. The Morgan fingerprint density at radius 3 is 1.13 bits per heavy atom. The number of carbonyl (C=O) groups is 2. The molecule has 0 radical (unpaired) electrons. The van der Waals surface area contributed by atoms with Crippen LogP contribution in [0.2, 0.25) is 0 Å². The van der Waals surface area contributed by atoms with Crippen LogP contribution >= 0.6 is 0 Å². The summed E-state index contributed by atoms with van der Waals surface area (Å²) < 4.78 is 0. The predicted molar refractivity (Wildman–Crippen MR) is 187 cm³/mol. The first-order valence-corrected chi connectivity index (χ1v) is 15.8. The van der Waals surface area contributed by atoms with Crippen LogP contribution in [-0.4, -0.2) is 11.6 Å². The summed E-state index contributed by atoms with van der Waals surface area (Å²) in [6.07, 6.45) is 0. The summed E-state index contributed by atoms with van der Waals surface area (Å²) >= 11 is 0. The molecule has 2 heteroatoms. The molecule has 2 nitrogen and oxygen atoms in total. The number of hydrogen-bond donors (Lipinski definition) is 0. The number of benzene rings is 8. The van der Waals surface area contributed by atoms with Gasteiger partial charge in [-0.05, 0) is 136 Å². The Morgan fingerprint density at radius 1 is 0.283 bits per heavy atom. The van der Waals surface area contributed by atoms with Crippen molar-refractivity contribution in [2.24, 2.45) is 0 Å². The second-order valence-corrected chi connectivity index (χ2v) is 12.8. The van der Waals surface area contributed by atoms with Gasteiger partial charge in [-0.3, -0.25) is 9.59 Å². The minimum Gasteiger partial charge on any atom is -0.290 e. The van der Waals surface area contributed by atoms with Crippen molar-refractivity contribution in [3.05, 3.63) is 168 Å². The molecule has 0 heterocycles. The molecule has 2 bridgehead atoms. The fourth-order valence-electron chi connectivity index (χ4n) is 7.96. The molecule has 0 saturated heterocycles. The first-order chi connectivity index (χ1) is 22.6. The van der Waals surface area contributed by atoms with Gasteiger partial charge in [-0.15, -0.1) is 0 Å². The standard InChI is InChI=1S/C44H26O2/c45-43-41-37-7-3-4-8-38(37)42(44(43)46)40-24-33(15-16-39(40)41)29-11-14-32-22-35-20-28(10-13-31(35)23-36(32)21-29)27-9-12-30-17-25-5-1-2-6-26(25)18-34(30)19-27/h1-24,41-42H. The molecule has 0 amide bonds. The molecule has 3 aliphatic carbocycles. The topological polar surface area (TPSA) is 34.1 Å². The van der Waals surface area contributed by atoms with Crippen molar-refractivity contribution >= 4 is 54.7 Å². The van der Waals surface area contributed by atoms with Crippen molar-refractivity contribution in [2.75, 3.05) is 0 Å². The Bertz CT molecular complexity index is 2640. The molecule has 0 aliphatic heterocycles. The highest BCUT2D eigenvalue weighted by molar-refractivity contribution is 6.45. The Labute approximate surface area is 265 Å². The summed E-state index contributed by atoms with van der Waals surface area (Å²) in [5.41, 5.74) is 8.48. The van der Waals surface area contributed by atoms with E-state index in [4.69, 9.17) is 0 Å². The summed E-state index contributed by atoms with van der Waals surface area (Å²) in [6, 6.07) is 51.9. The first-order valence-electron chi connectivity index (χ1n) is 15.8. The number of fused-ring (bicyclic) bond motifs is 5. The largest absolute Gasteiger partial charge is 0.290 e. The molecule has 11 rings (SSSR count). The van der Waals surface area contributed by atoms with Crippen LogP contribution in [0.4, 0.5) is 0 Å². The van der Waals surface area contributed by atoms with Gasteiger partial charge in [-0.25, -0.2) is 0 Å². The molecular weight excluding hydrogens is 560 g/mol. The van der Waals surface area contributed by atoms with Gasteiger partial charge in [-0.2, -0.15) is 0 Å². The van der Waals surface area contributed by atoms with E-state index in [2.05, 4.69) is 121 Å². The van der Waals surface area contributed by atoms with Gasteiger partial charge in [0, 0.05) is 0 Å². The number of Topliss-reactive ketones (excluding diaryl/α,β-unsaturated/α-hetero) is 2. The molecule has 8 aromatic carbocycles. The Balaban J connectivity index is 1.03. The smallest absolute Gasteiger partial charge is 0.211 e. The van der Waals surface area contributed by atoms with Crippen LogP contribution in [0, 0.1) is 0 Å². The van der Waals surface area contributed by atoms with Gasteiger partial charge in [0.25, 0.3) is 0 Å². The van der Waals surface area contributed by atoms with Crippen LogP contribution in [0.3, 0.4) is 0 Å². The highest BCUT2D eigenvalue weighted by atomic mass is 16.2. The molecule has 0 spiro atoms. The Morgan fingerprint density at radius 2 is 0.630 bits per heavy atom. The third-order valence-corrected chi connectivity index (χ3v) is 10.3. The highest BCUT2D eigenvalue weighted by Crippen LogP contribution is 2.50. The first kappa shape index (κ1) is 25.5. The van der Waals surface area contributed by atoms with E-state index in [1.807, 2.05) is 24.3 Å². The molecule has 2 atom stereocenters. The molecule has 46 heavy (non-hydrogen) atoms. The molecule has 8 aromatic rings. The summed E-state index contributed by atoms with van der Waals surface area (Å²) in [6.45, 7) is 0. The lowest BCUT2D eigenvalue weighted by Crippen LogP contribution is -2.40. The van der Waals surface area contributed by atoms with Crippen LogP contribution in [0.25, 0.3) is 65.3 Å². The molecule has 0 fully saturated rings.